The lowest BCUT2D eigenvalue weighted by Crippen LogP contribution is -2.31. The van der Waals surface area contributed by atoms with E-state index in [1.807, 2.05) is 38.1 Å². The van der Waals surface area contributed by atoms with Crippen LogP contribution in [0.15, 0.2) is 42.5 Å². The van der Waals surface area contributed by atoms with Crippen LogP contribution >= 0.6 is 0 Å². The number of nitrogens with two attached hydrogens (primary N) is 1. The molecule has 2 aromatic rings. The van der Waals surface area contributed by atoms with Crippen molar-refractivity contribution >= 4 is 17.3 Å². The van der Waals surface area contributed by atoms with Gasteiger partial charge in [-0.2, -0.15) is 0 Å². The molecule has 1 amide bonds. The van der Waals surface area contributed by atoms with Gasteiger partial charge in [0.25, 0.3) is 5.91 Å². The minimum atomic E-state index is -0.0684. The van der Waals surface area contributed by atoms with Crippen molar-refractivity contribution in [1.82, 2.24) is 0 Å². The van der Waals surface area contributed by atoms with Crippen LogP contribution in [0, 0.1) is 6.92 Å². The fourth-order valence-electron chi connectivity index (χ4n) is 2.31. The summed E-state index contributed by atoms with van der Waals surface area (Å²) in [6, 6.07) is 12.9. The minimum Gasteiger partial charge on any atom is -0.495 e. The lowest BCUT2D eigenvalue weighted by atomic mass is 10.1. The molecule has 0 aromatic heterocycles. The highest BCUT2D eigenvalue weighted by Gasteiger charge is 2.18. The highest BCUT2D eigenvalue weighted by molar-refractivity contribution is 6.07. The Morgan fingerprint density at radius 3 is 2.52 bits per heavy atom. The van der Waals surface area contributed by atoms with Crippen molar-refractivity contribution in [3.05, 3.63) is 53.6 Å². The lowest BCUT2D eigenvalue weighted by molar-refractivity contribution is 0.0988. The van der Waals surface area contributed by atoms with E-state index in [0.717, 1.165) is 11.3 Å². The lowest BCUT2D eigenvalue weighted by Gasteiger charge is -2.23. The Hall–Kier alpha value is -2.49. The van der Waals surface area contributed by atoms with E-state index in [-0.39, 0.29) is 5.91 Å². The summed E-state index contributed by atoms with van der Waals surface area (Å²) in [5.41, 5.74) is 8.88. The second-order valence-corrected chi connectivity index (χ2v) is 4.79. The normalized spacial score (nSPS) is 10.2. The first kappa shape index (κ1) is 14.9. The number of ether oxygens (including phenoxy) is 1. The molecule has 0 saturated carbocycles. The quantitative estimate of drug-likeness (QED) is 0.877. The molecular formula is C17H20N2O2. The highest BCUT2D eigenvalue weighted by Crippen LogP contribution is 2.25. The Kier molecular flexibility index (Phi) is 4.48. The Morgan fingerprint density at radius 2 is 1.95 bits per heavy atom. The maximum Gasteiger partial charge on any atom is 0.258 e. The molecule has 0 aliphatic carbocycles. The summed E-state index contributed by atoms with van der Waals surface area (Å²) in [6.45, 7) is 4.54. The summed E-state index contributed by atoms with van der Waals surface area (Å²) >= 11 is 0. The van der Waals surface area contributed by atoms with Gasteiger partial charge in [0.1, 0.15) is 5.75 Å². The summed E-state index contributed by atoms with van der Waals surface area (Å²) in [4.78, 5) is 14.5. The van der Waals surface area contributed by atoms with Gasteiger partial charge in [-0.15, -0.1) is 0 Å². The number of hydrogen-bond acceptors (Lipinski definition) is 3. The standard InChI is InChI=1S/C17H20N2O2/c1-4-19(15-8-6-5-7-12(15)2)17(20)13-9-10-16(21-3)14(18)11-13/h5-11H,4,18H2,1-3H3. The number of rotatable bonds is 4. The van der Waals surface area contributed by atoms with Gasteiger partial charge in [-0.3, -0.25) is 4.79 Å². The zero-order valence-electron chi connectivity index (χ0n) is 12.6. The predicted octanol–water partition coefficient (Wildman–Crippen LogP) is 3.25. The first-order valence-corrected chi connectivity index (χ1v) is 6.89. The molecule has 0 saturated heterocycles. The Morgan fingerprint density at radius 1 is 1.24 bits per heavy atom. The van der Waals surface area contributed by atoms with Gasteiger partial charge >= 0.3 is 0 Å². The number of aryl methyl sites for hydroxylation is 1. The smallest absolute Gasteiger partial charge is 0.258 e. The van der Waals surface area contributed by atoms with E-state index >= 15 is 0 Å². The van der Waals surface area contributed by atoms with Crippen LogP contribution in [0.25, 0.3) is 0 Å². The number of hydrogen-bond donors (Lipinski definition) is 1. The van der Waals surface area contributed by atoms with Crippen LogP contribution in [0.1, 0.15) is 22.8 Å². The molecule has 4 nitrogen and oxygen atoms in total. The molecule has 0 unspecified atom stereocenters. The van der Waals surface area contributed by atoms with E-state index in [1.54, 1.807) is 30.2 Å². The van der Waals surface area contributed by atoms with Crippen molar-refractivity contribution in [2.24, 2.45) is 0 Å². The van der Waals surface area contributed by atoms with Crippen LogP contribution < -0.4 is 15.4 Å². The summed E-state index contributed by atoms with van der Waals surface area (Å²) < 4.78 is 5.12. The van der Waals surface area contributed by atoms with Crippen LogP contribution in [0.5, 0.6) is 5.75 Å². The third-order valence-electron chi connectivity index (χ3n) is 3.44. The second-order valence-electron chi connectivity index (χ2n) is 4.79. The van der Waals surface area contributed by atoms with Gasteiger partial charge in [0.2, 0.25) is 0 Å². The van der Waals surface area contributed by atoms with Gasteiger partial charge in [-0.1, -0.05) is 18.2 Å². The van der Waals surface area contributed by atoms with Crippen molar-refractivity contribution in [2.45, 2.75) is 13.8 Å². The number of amides is 1. The molecule has 21 heavy (non-hydrogen) atoms. The van der Waals surface area contributed by atoms with Gasteiger partial charge in [-0.05, 0) is 43.7 Å². The number of nitrogen functional groups attached to an aromatic ring is 1. The van der Waals surface area contributed by atoms with Crippen LogP contribution in [-0.4, -0.2) is 19.6 Å². The molecule has 0 fully saturated rings. The number of carbonyl (C=O) groups excluding carboxylic acids is 1. The summed E-state index contributed by atoms with van der Waals surface area (Å²) in [6.07, 6.45) is 0. The van der Waals surface area contributed by atoms with Crippen LogP contribution in [0.3, 0.4) is 0 Å². The maximum absolute atomic E-state index is 12.7. The fraction of sp³-hybridized carbons (Fsp3) is 0.235. The Bertz CT molecular complexity index is 653. The number of benzene rings is 2. The van der Waals surface area contributed by atoms with E-state index in [1.165, 1.54) is 0 Å². The third kappa shape index (κ3) is 2.99. The van der Waals surface area contributed by atoms with Crippen LogP contribution in [0.2, 0.25) is 0 Å². The van der Waals surface area contributed by atoms with Crippen LogP contribution in [0.4, 0.5) is 11.4 Å². The van der Waals surface area contributed by atoms with Crippen molar-refractivity contribution in [3.63, 3.8) is 0 Å². The van der Waals surface area contributed by atoms with Crippen molar-refractivity contribution in [3.8, 4) is 5.75 Å². The van der Waals surface area contributed by atoms with E-state index in [4.69, 9.17) is 10.5 Å². The van der Waals surface area contributed by atoms with E-state index in [2.05, 4.69) is 0 Å². The summed E-state index contributed by atoms with van der Waals surface area (Å²) in [7, 11) is 1.55. The molecule has 110 valence electrons. The molecule has 0 atom stereocenters. The molecule has 4 heteroatoms. The van der Waals surface area contributed by atoms with Gasteiger partial charge in [0.05, 0.1) is 12.8 Å². The van der Waals surface area contributed by atoms with Crippen molar-refractivity contribution < 1.29 is 9.53 Å². The molecule has 0 heterocycles. The second kappa shape index (κ2) is 6.31. The first-order valence-electron chi connectivity index (χ1n) is 6.89. The SMILES string of the molecule is CCN(C(=O)c1ccc(OC)c(N)c1)c1ccccc1C. The number of nitrogens with zero attached hydrogens (tertiary/aromatic N) is 1. The van der Waals surface area contributed by atoms with Crippen molar-refractivity contribution in [2.75, 3.05) is 24.3 Å². The summed E-state index contributed by atoms with van der Waals surface area (Å²) in [5.74, 6) is 0.506. The molecule has 0 bridgehead atoms. The minimum absolute atomic E-state index is 0.0684. The zero-order chi connectivity index (χ0) is 15.4. The molecule has 0 radical (unpaired) electrons. The predicted molar refractivity (Wildman–Crippen MR) is 85.9 cm³/mol. The monoisotopic (exact) mass is 284 g/mol. The number of para-hydroxylation sites is 1. The van der Waals surface area contributed by atoms with Crippen molar-refractivity contribution in [1.29, 1.82) is 0 Å². The Balaban J connectivity index is 2.37. The fourth-order valence-corrected chi connectivity index (χ4v) is 2.31. The largest absolute Gasteiger partial charge is 0.495 e. The molecule has 2 aromatic carbocycles. The van der Waals surface area contributed by atoms with Gasteiger partial charge in [0.15, 0.2) is 0 Å². The number of carbonyl (C=O) groups is 1. The number of methoxy groups -OCH3 is 1. The van der Waals surface area contributed by atoms with E-state index in [9.17, 15) is 4.79 Å². The van der Waals surface area contributed by atoms with Crippen LogP contribution in [-0.2, 0) is 0 Å². The maximum atomic E-state index is 12.7. The van der Waals surface area contributed by atoms with E-state index in [0.29, 0.717) is 23.5 Å². The van der Waals surface area contributed by atoms with Gasteiger partial charge in [0, 0.05) is 17.8 Å². The topological polar surface area (TPSA) is 55.6 Å². The number of anilines is 2. The molecule has 2 rings (SSSR count). The van der Waals surface area contributed by atoms with E-state index < -0.39 is 0 Å². The molecule has 2 N–H and O–H groups in total. The average molecular weight is 284 g/mol. The molecule has 0 spiro atoms. The molecule has 0 aliphatic rings. The Labute approximate surface area is 125 Å². The van der Waals surface area contributed by atoms with Gasteiger partial charge in [-0.25, -0.2) is 0 Å². The van der Waals surface area contributed by atoms with Gasteiger partial charge < -0.3 is 15.4 Å². The highest BCUT2D eigenvalue weighted by atomic mass is 16.5. The first-order chi connectivity index (χ1) is 10.1. The third-order valence-corrected chi connectivity index (χ3v) is 3.44. The molecule has 0 aliphatic heterocycles. The molecular weight excluding hydrogens is 264 g/mol. The average Bonchev–Trinajstić information content (AvgIpc) is 2.49. The summed E-state index contributed by atoms with van der Waals surface area (Å²) in [5, 5.41) is 0. The zero-order valence-corrected chi connectivity index (χ0v) is 12.6.